The molecule has 6 heteroatoms. The van der Waals surface area contributed by atoms with Crippen molar-refractivity contribution < 1.29 is 13.2 Å². The van der Waals surface area contributed by atoms with Crippen molar-refractivity contribution in [2.75, 3.05) is 24.7 Å². The SMILES string of the molecule is CCCNCc1cccc(Cl)c1OCCS(=O)(=O)CC. The molecule has 0 saturated heterocycles. The fourth-order valence-electron chi connectivity index (χ4n) is 1.67. The normalized spacial score (nSPS) is 11.6. The van der Waals surface area contributed by atoms with E-state index in [2.05, 4.69) is 12.2 Å². The van der Waals surface area contributed by atoms with Crippen molar-refractivity contribution in [1.82, 2.24) is 5.32 Å². The van der Waals surface area contributed by atoms with Gasteiger partial charge in [-0.05, 0) is 19.0 Å². The van der Waals surface area contributed by atoms with E-state index in [1.54, 1.807) is 13.0 Å². The van der Waals surface area contributed by atoms with Crippen LogP contribution in [0.3, 0.4) is 0 Å². The minimum Gasteiger partial charge on any atom is -0.491 e. The van der Waals surface area contributed by atoms with Crippen LogP contribution >= 0.6 is 11.6 Å². The molecule has 0 aliphatic rings. The van der Waals surface area contributed by atoms with Crippen molar-refractivity contribution in [1.29, 1.82) is 0 Å². The summed E-state index contributed by atoms with van der Waals surface area (Å²) in [5.41, 5.74) is 0.944. The molecule has 0 unspecified atom stereocenters. The van der Waals surface area contributed by atoms with Gasteiger partial charge in [0, 0.05) is 17.9 Å². The topological polar surface area (TPSA) is 55.4 Å². The van der Waals surface area contributed by atoms with Crippen molar-refractivity contribution in [3.63, 3.8) is 0 Å². The van der Waals surface area contributed by atoms with Crippen molar-refractivity contribution >= 4 is 21.4 Å². The number of rotatable bonds is 9. The summed E-state index contributed by atoms with van der Waals surface area (Å²) in [5.74, 6) is 0.712. The number of benzene rings is 1. The van der Waals surface area contributed by atoms with Crippen LogP contribution in [0.1, 0.15) is 25.8 Å². The Morgan fingerprint density at radius 3 is 2.70 bits per heavy atom. The third kappa shape index (κ3) is 5.69. The molecule has 0 heterocycles. The van der Waals surface area contributed by atoms with Crippen LogP contribution < -0.4 is 10.1 Å². The second-order valence-electron chi connectivity index (χ2n) is 4.49. The average Bonchev–Trinajstić information content (AvgIpc) is 2.42. The second kappa shape index (κ2) is 8.49. The van der Waals surface area contributed by atoms with Crippen molar-refractivity contribution in [2.45, 2.75) is 26.8 Å². The average molecular weight is 320 g/mol. The smallest absolute Gasteiger partial charge is 0.153 e. The van der Waals surface area contributed by atoms with Crippen LogP contribution in [0.15, 0.2) is 18.2 Å². The third-order valence-corrected chi connectivity index (χ3v) is 4.84. The zero-order chi connectivity index (χ0) is 15.0. The minimum atomic E-state index is -3.02. The molecule has 1 rings (SSSR count). The van der Waals surface area contributed by atoms with E-state index in [0.717, 1.165) is 18.5 Å². The zero-order valence-electron chi connectivity index (χ0n) is 12.0. The Labute approximate surface area is 126 Å². The Bertz CT molecular complexity index is 517. The summed E-state index contributed by atoms with van der Waals surface area (Å²) in [6.45, 7) is 5.42. The van der Waals surface area contributed by atoms with E-state index in [1.807, 2.05) is 12.1 Å². The fourth-order valence-corrected chi connectivity index (χ4v) is 2.54. The highest BCUT2D eigenvalue weighted by Gasteiger charge is 2.11. The monoisotopic (exact) mass is 319 g/mol. The van der Waals surface area contributed by atoms with Crippen LogP contribution in [-0.2, 0) is 16.4 Å². The van der Waals surface area contributed by atoms with E-state index < -0.39 is 9.84 Å². The molecule has 0 aliphatic heterocycles. The minimum absolute atomic E-state index is 0.0105. The highest BCUT2D eigenvalue weighted by Crippen LogP contribution is 2.28. The number of hydrogen-bond acceptors (Lipinski definition) is 4. The molecule has 0 bridgehead atoms. The molecule has 114 valence electrons. The van der Waals surface area contributed by atoms with Gasteiger partial charge < -0.3 is 10.1 Å². The lowest BCUT2D eigenvalue weighted by Gasteiger charge is -2.13. The molecular formula is C14H22ClNO3S. The molecule has 1 N–H and O–H groups in total. The third-order valence-electron chi connectivity index (χ3n) is 2.87. The number of halogens is 1. The Morgan fingerprint density at radius 2 is 2.05 bits per heavy atom. The Hall–Kier alpha value is -0.780. The van der Waals surface area contributed by atoms with Gasteiger partial charge >= 0.3 is 0 Å². The maximum atomic E-state index is 11.4. The molecule has 20 heavy (non-hydrogen) atoms. The Balaban J connectivity index is 2.67. The van der Waals surface area contributed by atoms with Gasteiger partial charge in [-0.3, -0.25) is 0 Å². The van der Waals surface area contributed by atoms with Crippen LogP contribution in [0.2, 0.25) is 5.02 Å². The van der Waals surface area contributed by atoms with Gasteiger partial charge in [0.1, 0.15) is 12.4 Å². The van der Waals surface area contributed by atoms with Gasteiger partial charge in [0.15, 0.2) is 9.84 Å². The fraction of sp³-hybridized carbons (Fsp3) is 0.571. The van der Waals surface area contributed by atoms with E-state index in [0.29, 0.717) is 17.3 Å². The Morgan fingerprint density at radius 1 is 1.30 bits per heavy atom. The summed E-state index contributed by atoms with van der Waals surface area (Å²) in [5, 5.41) is 3.79. The first-order chi connectivity index (χ1) is 9.50. The largest absolute Gasteiger partial charge is 0.491 e. The molecule has 0 amide bonds. The van der Waals surface area contributed by atoms with Crippen LogP contribution in [0.25, 0.3) is 0 Å². The van der Waals surface area contributed by atoms with Gasteiger partial charge in [-0.25, -0.2) is 8.42 Å². The first-order valence-corrected chi connectivity index (χ1v) is 9.01. The van der Waals surface area contributed by atoms with Crippen LogP contribution in [0, 0.1) is 0 Å². The number of nitrogens with one attached hydrogen (secondary N) is 1. The molecule has 1 aromatic carbocycles. The predicted molar refractivity (Wildman–Crippen MR) is 83.3 cm³/mol. The van der Waals surface area contributed by atoms with E-state index in [9.17, 15) is 8.42 Å². The first kappa shape index (κ1) is 17.3. The zero-order valence-corrected chi connectivity index (χ0v) is 13.6. The number of ether oxygens (including phenoxy) is 1. The predicted octanol–water partition coefficient (Wildman–Crippen LogP) is 2.65. The van der Waals surface area contributed by atoms with Gasteiger partial charge in [0.2, 0.25) is 0 Å². The maximum Gasteiger partial charge on any atom is 0.153 e. The summed E-state index contributed by atoms with van der Waals surface area (Å²) in [4.78, 5) is 0. The molecule has 0 radical (unpaired) electrons. The molecule has 0 saturated carbocycles. The molecule has 0 fully saturated rings. The number of para-hydroxylation sites is 1. The molecular weight excluding hydrogens is 298 g/mol. The standard InChI is InChI=1S/C14H22ClNO3S/c1-3-8-16-11-12-6-5-7-13(15)14(12)19-9-10-20(17,18)4-2/h5-7,16H,3-4,8-11H2,1-2H3. The van der Waals surface area contributed by atoms with E-state index >= 15 is 0 Å². The summed E-state index contributed by atoms with van der Waals surface area (Å²) >= 11 is 6.12. The summed E-state index contributed by atoms with van der Waals surface area (Å²) in [7, 11) is -3.02. The molecule has 0 spiro atoms. The maximum absolute atomic E-state index is 11.4. The van der Waals surface area contributed by atoms with E-state index in [1.165, 1.54) is 0 Å². The van der Waals surface area contributed by atoms with Gasteiger partial charge in [-0.2, -0.15) is 0 Å². The lowest BCUT2D eigenvalue weighted by Crippen LogP contribution is -2.18. The number of hydrogen-bond donors (Lipinski definition) is 1. The second-order valence-corrected chi connectivity index (χ2v) is 7.37. The van der Waals surface area contributed by atoms with Gasteiger partial charge in [-0.15, -0.1) is 0 Å². The Kier molecular flexibility index (Phi) is 7.34. The van der Waals surface area contributed by atoms with Gasteiger partial charge in [0.05, 0.1) is 10.8 Å². The lowest BCUT2D eigenvalue weighted by atomic mass is 10.2. The summed E-state index contributed by atoms with van der Waals surface area (Å²) in [6, 6.07) is 5.54. The lowest BCUT2D eigenvalue weighted by molar-refractivity contribution is 0.336. The molecule has 4 nitrogen and oxygen atoms in total. The summed E-state index contributed by atoms with van der Waals surface area (Å²) in [6.07, 6.45) is 1.05. The van der Waals surface area contributed by atoms with Gasteiger partial charge in [-0.1, -0.05) is 37.6 Å². The van der Waals surface area contributed by atoms with Crippen LogP contribution in [0.4, 0.5) is 0 Å². The number of sulfone groups is 1. The molecule has 0 aliphatic carbocycles. The van der Waals surface area contributed by atoms with E-state index in [-0.39, 0.29) is 18.1 Å². The first-order valence-electron chi connectivity index (χ1n) is 6.81. The molecule has 0 aromatic heterocycles. The summed E-state index contributed by atoms with van der Waals surface area (Å²) < 4.78 is 28.5. The molecule has 1 aromatic rings. The van der Waals surface area contributed by atoms with Crippen molar-refractivity contribution in [2.24, 2.45) is 0 Å². The van der Waals surface area contributed by atoms with E-state index in [4.69, 9.17) is 16.3 Å². The highest BCUT2D eigenvalue weighted by atomic mass is 35.5. The highest BCUT2D eigenvalue weighted by molar-refractivity contribution is 7.91. The van der Waals surface area contributed by atoms with Crippen LogP contribution in [-0.4, -0.2) is 33.1 Å². The van der Waals surface area contributed by atoms with Crippen LogP contribution in [0.5, 0.6) is 5.75 Å². The van der Waals surface area contributed by atoms with Gasteiger partial charge in [0.25, 0.3) is 0 Å². The van der Waals surface area contributed by atoms with Crippen molar-refractivity contribution in [3.05, 3.63) is 28.8 Å². The van der Waals surface area contributed by atoms with Crippen molar-refractivity contribution in [3.8, 4) is 5.75 Å². The molecule has 0 atom stereocenters. The quantitative estimate of drug-likeness (QED) is 0.711.